The van der Waals surface area contributed by atoms with Gasteiger partial charge in [0.15, 0.2) is 11.6 Å². The molecular weight excluding hydrogens is 889 g/mol. The van der Waals surface area contributed by atoms with Crippen LogP contribution in [-0.2, 0) is 0 Å². The first kappa shape index (κ1) is 42.0. The number of nitrogens with zero attached hydrogens (tertiary/aromatic N) is 6. The summed E-state index contributed by atoms with van der Waals surface area (Å²) < 4.78 is 2.24. The van der Waals surface area contributed by atoms with Gasteiger partial charge in [-0.05, 0) is 110 Å². The fraction of sp³-hybridized carbons (Fsp3) is 0. The van der Waals surface area contributed by atoms with Gasteiger partial charge in [0.25, 0.3) is 0 Å². The Hall–Kier alpha value is -9.91. The zero-order valence-corrected chi connectivity index (χ0v) is 39.4. The van der Waals surface area contributed by atoms with Crippen molar-refractivity contribution in [1.82, 2.24) is 29.5 Å². The lowest BCUT2D eigenvalue weighted by Crippen LogP contribution is -2.01. The molecule has 0 radical (unpaired) electrons. The highest BCUT2D eigenvalue weighted by Gasteiger charge is 2.22. The van der Waals surface area contributed by atoms with E-state index in [-0.39, 0.29) is 0 Å². The second-order valence-electron chi connectivity index (χ2n) is 18.4. The van der Waals surface area contributed by atoms with Gasteiger partial charge in [0, 0.05) is 44.6 Å². The average molecular weight is 931 g/mol. The van der Waals surface area contributed by atoms with Crippen LogP contribution < -0.4 is 0 Å². The van der Waals surface area contributed by atoms with E-state index < -0.39 is 0 Å². The molecule has 0 fully saturated rings. The van der Waals surface area contributed by atoms with Crippen LogP contribution in [0.3, 0.4) is 0 Å². The van der Waals surface area contributed by atoms with Crippen molar-refractivity contribution in [3.8, 4) is 84.9 Å². The number of rotatable bonds is 8. The van der Waals surface area contributed by atoms with Gasteiger partial charge in [0.05, 0.1) is 33.8 Å². The van der Waals surface area contributed by atoms with Gasteiger partial charge in [-0.2, -0.15) is 0 Å². The van der Waals surface area contributed by atoms with Gasteiger partial charge in [-0.1, -0.05) is 188 Å². The first-order chi connectivity index (χ1) is 36.2. The standard InChI is InChI=1S/C67H42N6/c1-4-20-43(21-5-1)60-41-62(57-39-45-24-10-12-28-51(45)53-30-14-16-32-55(53)57)70-65(68-60)47-36-48(38-49(37-47)67-72-59-34-18-19-35-64(59)73(67)50-26-8-3-9-27-50)66-69-61(44-22-6-2-7-23-44)42-63(71-66)58-40-46-25-11-13-29-52(46)54-31-15-17-33-56(54)58/h1-42H. The third-order valence-corrected chi connectivity index (χ3v) is 14.0. The summed E-state index contributed by atoms with van der Waals surface area (Å²) in [5.41, 5.74) is 12.7. The van der Waals surface area contributed by atoms with Gasteiger partial charge in [0.1, 0.15) is 5.82 Å². The van der Waals surface area contributed by atoms with Crippen LogP contribution in [0.25, 0.3) is 139 Å². The Morgan fingerprint density at radius 3 is 1.18 bits per heavy atom. The van der Waals surface area contributed by atoms with E-state index in [1.165, 1.54) is 21.5 Å². The summed E-state index contributed by atoms with van der Waals surface area (Å²) in [5.74, 6) is 1.91. The summed E-state index contributed by atoms with van der Waals surface area (Å²) in [5, 5.41) is 9.28. The second-order valence-corrected chi connectivity index (χ2v) is 18.4. The molecule has 3 aromatic heterocycles. The molecule has 0 aliphatic rings. The monoisotopic (exact) mass is 930 g/mol. The smallest absolute Gasteiger partial charge is 0.160 e. The maximum atomic E-state index is 5.56. The fourth-order valence-corrected chi connectivity index (χ4v) is 10.5. The van der Waals surface area contributed by atoms with Crippen LogP contribution in [0.15, 0.2) is 255 Å². The topological polar surface area (TPSA) is 69.4 Å². The van der Waals surface area contributed by atoms with E-state index >= 15 is 0 Å². The van der Waals surface area contributed by atoms with Crippen molar-refractivity contribution in [2.75, 3.05) is 0 Å². The van der Waals surface area contributed by atoms with Crippen molar-refractivity contribution in [1.29, 1.82) is 0 Å². The lowest BCUT2D eigenvalue weighted by Gasteiger charge is -2.16. The molecule has 6 nitrogen and oxygen atoms in total. The van der Waals surface area contributed by atoms with Gasteiger partial charge in [0.2, 0.25) is 0 Å². The minimum Gasteiger partial charge on any atom is -0.292 e. The molecule has 0 bridgehead atoms. The van der Waals surface area contributed by atoms with E-state index in [2.05, 4.69) is 235 Å². The molecular formula is C67H42N6. The van der Waals surface area contributed by atoms with E-state index in [0.717, 1.165) is 106 Å². The first-order valence-corrected chi connectivity index (χ1v) is 24.6. The third kappa shape index (κ3) is 7.48. The molecule has 0 aliphatic carbocycles. The summed E-state index contributed by atoms with van der Waals surface area (Å²) >= 11 is 0. The Bertz CT molecular complexity index is 4210. The van der Waals surface area contributed by atoms with Gasteiger partial charge in [-0.15, -0.1) is 0 Å². The Kier molecular flexibility index (Phi) is 10.1. The molecule has 14 aromatic rings. The third-order valence-electron chi connectivity index (χ3n) is 14.0. The minimum atomic E-state index is 0.569. The zero-order chi connectivity index (χ0) is 48.2. The van der Waals surface area contributed by atoms with Gasteiger partial charge < -0.3 is 0 Å². The van der Waals surface area contributed by atoms with Gasteiger partial charge in [-0.25, -0.2) is 24.9 Å². The molecule has 0 spiro atoms. The van der Waals surface area contributed by atoms with Crippen molar-refractivity contribution in [2.24, 2.45) is 0 Å². The van der Waals surface area contributed by atoms with E-state index in [1.807, 2.05) is 24.3 Å². The lowest BCUT2D eigenvalue weighted by atomic mass is 9.94. The first-order valence-electron chi connectivity index (χ1n) is 24.6. The van der Waals surface area contributed by atoms with Crippen LogP contribution in [-0.4, -0.2) is 29.5 Å². The molecule has 0 amide bonds. The number of hydrogen-bond donors (Lipinski definition) is 0. The van der Waals surface area contributed by atoms with Crippen LogP contribution in [0, 0.1) is 0 Å². The molecule has 6 heteroatoms. The predicted molar refractivity (Wildman–Crippen MR) is 300 cm³/mol. The van der Waals surface area contributed by atoms with Crippen LogP contribution in [0.4, 0.5) is 0 Å². The maximum absolute atomic E-state index is 5.56. The van der Waals surface area contributed by atoms with Crippen molar-refractivity contribution < 1.29 is 0 Å². The number of para-hydroxylation sites is 3. The molecule has 3 heterocycles. The Morgan fingerprint density at radius 2 is 0.658 bits per heavy atom. The largest absolute Gasteiger partial charge is 0.292 e. The molecule has 11 aromatic carbocycles. The molecule has 0 saturated carbocycles. The van der Waals surface area contributed by atoms with Crippen LogP contribution >= 0.6 is 0 Å². The molecule has 340 valence electrons. The quantitative estimate of drug-likeness (QED) is 0.142. The van der Waals surface area contributed by atoms with E-state index in [4.69, 9.17) is 24.9 Å². The van der Waals surface area contributed by atoms with Gasteiger partial charge in [-0.3, -0.25) is 4.57 Å². The molecule has 0 saturated heterocycles. The second kappa shape index (κ2) is 17.5. The Labute approximate surface area is 421 Å². The zero-order valence-electron chi connectivity index (χ0n) is 39.4. The predicted octanol–water partition coefficient (Wildman–Crippen LogP) is 16.9. The molecule has 0 aliphatic heterocycles. The molecule has 73 heavy (non-hydrogen) atoms. The summed E-state index contributed by atoms with van der Waals surface area (Å²) in [6.45, 7) is 0. The summed E-state index contributed by atoms with van der Waals surface area (Å²) in [4.78, 5) is 27.4. The lowest BCUT2D eigenvalue weighted by molar-refractivity contribution is 1.10. The molecule has 14 rings (SSSR count). The maximum Gasteiger partial charge on any atom is 0.160 e. The van der Waals surface area contributed by atoms with Crippen molar-refractivity contribution >= 4 is 54.1 Å². The highest BCUT2D eigenvalue weighted by Crippen LogP contribution is 2.41. The number of benzene rings is 11. The fourth-order valence-electron chi connectivity index (χ4n) is 10.5. The normalized spacial score (nSPS) is 11.6. The highest BCUT2D eigenvalue weighted by atomic mass is 15.1. The molecule has 0 N–H and O–H groups in total. The number of hydrogen-bond acceptors (Lipinski definition) is 5. The van der Waals surface area contributed by atoms with Crippen molar-refractivity contribution in [2.45, 2.75) is 0 Å². The molecule has 0 unspecified atom stereocenters. The summed E-state index contributed by atoms with van der Waals surface area (Å²) in [6, 6.07) is 89.2. The molecule has 0 atom stereocenters. The van der Waals surface area contributed by atoms with E-state index in [0.29, 0.717) is 11.6 Å². The Balaban J connectivity index is 1.06. The number of imidazole rings is 1. The number of fused-ring (bicyclic) bond motifs is 7. The van der Waals surface area contributed by atoms with Gasteiger partial charge >= 0.3 is 0 Å². The van der Waals surface area contributed by atoms with Crippen LogP contribution in [0.1, 0.15) is 0 Å². The average Bonchev–Trinajstić information content (AvgIpc) is 3.87. The highest BCUT2D eigenvalue weighted by molar-refractivity contribution is 6.15. The van der Waals surface area contributed by atoms with E-state index in [1.54, 1.807) is 0 Å². The number of aromatic nitrogens is 6. The van der Waals surface area contributed by atoms with Crippen molar-refractivity contribution in [3.63, 3.8) is 0 Å². The minimum absolute atomic E-state index is 0.569. The Morgan fingerprint density at radius 1 is 0.260 bits per heavy atom. The SMILES string of the molecule is c1ccc(-c2cc(-c3cc4ccccc4c4ccccc34)nc(-c3cc(-c4nc(-c5ccccc5)cc(-c5cc6ccccc6c6ccccc56)n4)cc(-c4nc5ccccc5n4-c4ccccc4)c3)n2)cc1. The van der Waals surface area contributed by atoms with E-state index in [9.17, 15) is 0 Å². The van der Waals surface area contributed by atoms with Crippen LogP contribution in [0.5, 0.6) is 0 Å². The van der Waals surface area contributed by atoms with Crippen molar-refractivity contribution in [3.05, 3.63) is 255 Å². The van der Waals surface area contributed by atoms with Crippen LogP contribution in [0.2, 0.25) is 0 Å². The summed E-state index contributed by atoms with van der Waals surface area (Å²) in [6.07, 6.45) is 0. The summed E-state index contributed by atoms with van der Waals surface area (Å²) in [7, 11) is 0.